The van der Waals surface area contributed by atoms with Gasteiger partial charge in [0.1, 0.15) is 41.3 Å². The zero-order valence-corrected chi connectivity index (χ0v) is 24.3. The first kappa shape index (κ1) is 30.9. The second-order valence-electron chi connectivity index (χ2n) is 10.8. The van der Waals surface area contributed by atoms with Gasteiger partial charge in [-0.15, -0.1) is 0 Å². The summed E-state index contributed by atoms with van der Waals surface area (Å²) in [5.41, 5.74) is -2.19. The van der Waals surface area contributed by atoms with Crippen molar-refractivity contribution < 1.29 is 57.7 Å². The average molecular weight is 661 g/mol. The number of hydrogen-bond acceptors (Lipinski definition) is 15. The van der Waals surface area contributed by atoms with E-state index < -0.39 is 59.9 Å². The lowest BCUT2D eigenvalue weighted by molar-refractivity contribution is -0.277. The minimum absolute atomic E-state index is 0.0609. The number of phenols is 1. The van der Waals surface area contributed by atoms with E-state index in [-0.39, 0.29) is 50.9 Å². The van der Waals surface area contributed by atoms with Crippen molar-refractivity contribution in [2.75, 3.05) is 6.61 Å². The van der Waals surface area contributed by atoms with E-state index in [1.165, 1.54) is 54.6 Å². The molecule has 0 unspecified atom stereocenters. The van der Waals surface area contributed by atoms with Crippen LogP contribution in [-0.4, -0.2) is 62.8 Å². The molecule has 7 rings (SSSR count). The van der Waals surface area contributed by atoms with Crippen LogP contribution in [0.5, 0.6) is 34.5 Å². The number of rotatable bonds is 7. The zero-order chi connectivity index (χ0) is 33.7. The minimum Gasteiger partial charge on any atom is -0.504 e. The highest BCUT2D eigenvalue weighted by molar-refractivity contribution is 5.87. The van der Waals surface area contributed by atoms with E-state index in [0.29, 0.717) is 10.8 Å². The molecule has 15 heteroatoms. The summed E-state index contributed by atoms with van der Waals surface area (Å²) < 4.78 is 39.1. The Morgan fingerprint density at radius 3 is 2.12 bits per heavy atom. The fourth-order valence-electron chi connectivity index (χ4n) is 5.18. The van der Waals surface area contributed by atoms with Gasteiger partial charge in [-0.2, -0.15) is 0 Å². The van der Waals surface area contributed by atoms with Crippen LogP contribution in [0.25, 0.3) is 32.9 Å². The van der Waals surface area contributed by atoms with Crippen LogP contribution in [0.3, 0.4) is 0 Å². The van der Waals surface area contributed by atoms with E-state index in [1.54, 1.807) is 18.2 Å². The summed E-state index contributed by atoms with van der Waals surface area (Å²) >= 11 is 0. The molecule has 0 aliphatic carbocycles. The normalized spacial score (nSPS) is 21.0. The summed E-state index contributed by atoms with van der Waals surface area (Å²) in [5.74, 6) is -1.33. The summed E-state index contributed by atoms with van der Waals surface area (Å²) in [6.45, 7) is -0.723. The van der Waals surface area contributed by atoms with Crippen molar-refractivity contribution in [2.45, 2.75) is 30.7 Å². The van der Waals surface area contributed by atoms with E-state index >= 15 is 0 Å². The van der Waals surface area contributed by atoms with Gasteiger partial charge in [0.15, 0.2) is 22.8 Å². The van der Waals surface area contributed by atoms with Crippen LogP contribution in [0.15, 0.2) is 100 Å². The molecule has 6 aromatic rings. The summed E-state index contributed by atoms with van der Waals surface area (Å²) in [6, 6.07) is 16.6. The molecule has 0 spiro atoms. The van der Waals surface area contributed by atoms with E-state index in [2.05, 4.69) is 0 Å². The second kappa shape index (κ2) is 12.1. The molecule has 48 heavy (non-hydrogen) atoms. The number of aliphatic hydroxyl groups excluding tert-OH is 4. The topological polar surface area (TPSA) is 229 Å². The van der Waals surface area contributed by atoms with Crippen molar-refractivity contribution in [3.05, 3.63) is 104 Å². The number of ether oxygens (including phenoxy) is 4. The third-order valence-corrected chi connectivity index (χ3v) is 7.62. The predicted molar refractivity (Wildman–Crippen MR) is 164 cm³/mol. The van der Waals surface area contributed by atoms with Crippen molar-refractivity contribution in [1.29, 1.82) is 0 Å². The molecular formula is C33H24O15. The van der Waals surface area contributed by atoms with E-state index in [1.807, 2.05) is 0 Å². The van der Waals surface area contributed by atoms with Gasteiger partial charge in [0.2, 0.25) is 17.8 Å². The monoisotopic (exact) mass is 660 g/mol. The lowest BCUT2D eigenvalue weighted by Crippen LogP contribution is -2.60. The maximum atomic E-state index is 13.0. The highest BCUT2D eigenvalue weighted by Gasteiger charge is 2.45. The second-order valence-corrected chi connectivity index (χ2v) is 10.8. The van der Waals surface area contributed by atoms with Crippen molar-refractivity contribution in [3.8, 4) is 34.5 Å². The molecule has 3 aromatic heterocycles. The molecule has 0 saturated carbocycles. The van der Waals surface area contributed by atoms with Crippen molar-refractivity contribution in [3.63, 3.8) is 0 Å². The van der Waals surface area contributed by atoms with E-state index in [9.17, 15) is 39.9 Å². The maximum Gasteiger partial charge on any atom is 0.379 e. The van der Waals surface area contributed by atoms with Gasteiger partial charge in [-0.25, -0.2) is 14.4 Å². The summed E-state index contributed by atoms with van der Waals surface area (Å²) in [4.78, 5) is 36.7. The fraction of sp³-hybridized carbons (Fsp3) is 0.182. The Morgan fingerprint density at radius 2 is 1.33 bits per heavy atom. The van der Waals surface area contributed by atoms with Gasteiger partial charge >= 0.3 is 16.9 Å². The molecule has 246 valence electrons. The number of fused-ring (bicyclic) bond motifs is 3. The smallest absolute Gasteiger partial charge is 0.379 e. The predicted octanol–water partition coefficient (Wildman–Crippen LogP) is 2.47. The van der Waals surface area contributed by atoms with Gasteiger partial charge in [0, 0.05) is 40.4 Å². The Bertz CT molecular complexity index is 2360. The summed E-state index contributed by atoms with van der Waals surface area (Å²) in [5, 5.41) is 52.7. The average Bonchev–Trinajstić information content (AvgIpc) is 3.07. The first-order chi connectivity index (χ1) is 23.1. The molecule has 15 nitrogen and oxygen atoms in total. The molecule has 4 heterocycles. The standard InChI is InChI=1S/C33H24O15/c34-13-24-27(38)28(39)29(40)33(47-24)46-21-9-16-10-23(42-17-5-1-14-3-7-25(36)43-19(14)11-17)32(41)45-20(16)12-22(21)44-31-18(35)6-2-15-4-8-26(37)48-30(15)31/h1-12,24,27-29,33-35,38-40H,13H2/t24-,27-,28+,29-,33-/m1/s1. The van der Waals surface area contributed by atoms with E-state index in [0.717, 1.165) is 0 Å². The quantitative estimate of drug-likeness (QED) is 0.155. The number of aliphatic hydroxyl groups is 4. The van der Waals surface area contributed by atoms with E-state index in [4.69, 9.17) is 32.2 Å². The number of phenolic OH excluding ortho intramolecular Hbond substituents is 1. The third-order valence-electron chi connectivity index (χ3n) is 7.62. The Hall–Kier alpha value is -5.71. The van der Waals surface area contributed by atoms with Crippen LogP contribution in [0, 0.1) is 0 Å². The lowest BCUT2D eigenvalue weighted by atomic mass is 9.99. The third kappa shape index (κ3) is 5.72. The van der Waals surface area contributed by atoms with Gasteiger partial charge in [0.25, 0.3) is 0 Å². The van der Waals surface area contributed by atoms with Gasteiger partial charge in [-0.3, -0.25) is 0 Å². The SMILES string of the molecule is O=c1ccc2ccc(Oc3cc4cc(O[C@@H]5O[C@H](CO)[C@@H](O)[C@H](O)[C@H]5O)c(Oc5c(O)ccc6ccc(=O)oc56)cc4oc3=O)cc2o1. The Morgan fingerprint density at radius 1 is 0.646 bits per heavy atom. The summed E-state index contributed by atoms with van der Waals surface area (Å²) in [6.07, 6.45) is -8.22. The Kier molecular flexibility index (Phi) is 7.82. The lowest BCUT2D eigenvalue weighted by Gasteiger charge is -2.39. The first-order valence-electron chi connectivity index (χ1n) is 14.3. The molecule has 5 N–H and O–H groups in total. The number of hydrogen-bond donors (Lipinski definition) is 5. The molecule has 0 radical (unpaired) electrons. The van der Waals surface area contributed by atoms with Gasteiger partial charge < -0.3 is 57.7 Å². The Balaban J connectivity index is 1.33. The molecule has 1 saturated heterocycles. The van der Waals surface area contributed by atoms with Crippen LogP contribution in [0.2, 0.25) is 0 Å². The van der Waals surface area contributed by atoms with Crippen LogP contribution in [-0.2, 0) is 4.74 Å². The zero-order valence-electron chi connectivity index (χ0n) is 24.3. The van der Waals surface area contributed by atoms with Gasteiger partial charge in [-0.1, -0.05) is 0 Å². The molecule has 0 amide bonds. The molecule has 5 atom stereocenters. The van der Waals surface area contributed by atoms with Gasteiger partial charge in [0.05, 0.1) is 6.61 Å². The molecule has 0 bridgehead atoms. The maximum absolute atomic E-state index is 13.0. The van der Waals surface area contributed by atoms with Crippen molar-refractivity contribution in [2.24, 2.45) is 0 Å². The van der Waals surface area contributed by atoms with Crippen LogP contribution in [0.1, 0.15) is 0 Å². The number of benzene rings is 3. The highest BCUT2D eigenvalue weighted by Crippen LogP contribution is 2.43. The number of aromatic hydroxyl groups is 1. The van der Waals surface area contributed by atoms with Crippen LogP contribution < -0.4 is 31.1 Å². The van der Waals surface area contributed by atoms with Crippen LogP contribution >= 0.6 is 0 Å². The van der Waals surface area contributed by atoms with Gasteiger partial charge in [-0.05, 0) is 48.5 Å². The molecule has 3 aromatic carbocycles. The fourth-order valence-corrected chi connectivity index (χ4v) is 5.18. The largest absolute Gasteiger partial charge is 0.504 e. The molecule has 1 aliphatic rings. The van der Waals surface area contributed by atoms with Crippen molar-refractivity contribution >= 4 is 32.9 Å². The minimum atomic E-state index is -1.81. The summed E-state index contributed by atoms with van der Waals surface area (Å²) in [7, 11) is 0. The van der Waals surface area contributed by atoms with Crippen molar-refractivity contribution in [1.82, 2.24) is 0 Å². The Labute approximate surface area is 266 Å². The highest BCUT2D eigenvalue weighted by atomic mass is 16.7. The molecule has 1 fully saturated rings. The first-order valence-corrected chi connectivity index (χ1v) is 14.3. The van der Waals surface area contributed by atoms with Crippen LogP contribution in [0.4, 0.5) is 0 Å². The molecule has 1 aliphatic heterocycles. The molecular weight excluding hydrogens is 636 g/mol.